The van der Waals surface area contributed by atoms with Crippen LogP contribution in [0.3, 0.4) is 0 Å². The maximum absolute atomic E-state index is 12.0. The Morgan fingerprint density at radius 2 is 2.25 bits per heavy atom. The average Bonchev–Trinajstić information content (AvgIpc) is 2.84. The predicted octanol–water partition coefficient (Wildman–Crippen LogP) is 3.35. The SMILES string of the molecule is Cc1nc(CC2(C(=O)O)CCCc3ccccc32)cs1. The molecule has 1 unspecified atom stereocenters. The summed E-state index contributed by atoms with van der Waals surface area (Å²) in [6.45, 7) is 1.95. The van der Waals surface area contributed by atoms with Crippen LogP contribution in [0.5, 0.6) is 0 Å². The molecule has 0 saturated carbocycles. The highest BCUT2D eigenvalue weighted by atomic mass is 32.1. The van der Waals surface area contributed by atoms with Gasteiger partial charge in [0.2, 0.25) is 0 Å². The van der Waals surface area contributed by atoms with Gasteiger partial charge in [0.1, 0.15) is 0 Å². The predicted molar refractivity (Wildman–Crippen MR) is 79.2 cm³/mol. The summed E-state index contributed by atoms with van der Waals surface area (Å²) in [7, 11) is 0. The minimum Gasteiger partial charge on any atom is -0.481 e. The molecule has 3 nitrogen and oxygen atoms in total. The maximum atomic E-state index is 12.0. The summed E-state index contributed by atoms with van der Waals surface area (Å²) < 4.78 is 0. The van der Waals surface area contributed by atoms with E-state index in [2.05, 4.69) is 11.1 Å². The molecule has 4 heteroatoms. The Labute approximate surface area is 122 Å². The molecule has 1 atom stereocenters. The number of aromatic nitrogens is 1. The van der Waals surface area contributed by atoms with Crippen LogP contribution in [-0.2, 0) is 23.1 Å². The summed E-state index contributed by atoms with van der Waals surface area (Å²) in [5.74, 6) is -0.727. The van der Waals surface area contributed by atoms with Crippen molar-refractivity contribution in [1.29, 1.82) is 0 Å². The van der Waals surface area contributed by atoms with Crippen molar-refractivity contribution in [3.63, 3.8) is 0 Å². The lowest BCUT2D eigenvalue weighted by molar-refractivity contribution is -0.144. The monoisotopic (exact) mass is 287 g/mol. The second-order valence-electron chi connectivity index (χ2n) is 5.43. The normalized spacial score (nSPS) is 21.4. The summed E-state index contributed by atoms with van der Waals surface area (Å²) in [6.07, 6.45) is 3.08. The molecule has 0 fully saturated rings. The number of aryl methyl sites for hydroxylation is 2. The number of aliphatic carboxylic acids is 1. The molecule has 3 rings (SSSR count). The highest BCUT2D eigenvalue weighted by Crippen LogP contribution is 2.40. The summed E-state index contributed by atoms with van der Waals surface area (Å²) in [6, 6.07) is 7.96. The van der Waals surface area contributed by atoms with Crippen molar-refractivity contribution in [2.75, 3.05) is 0 Å². The molecule has 0 saturated heterocycles. The van der Waals surface area contributed by atoms with Crippen LogP contribution in [0, 0.1) is 6.92 Å². The summed E-state index contributed by atoms with van der Waals surface area (Å²) in [5.41, 5.74) is 2.24. The Hall–Kier alpha value is -1.68. The first-order chi connectivity index (χ1) is 9.62. The maximum Gasteiger partial charge on any atom is 0.314 e. The highest BCUT2D eigenvalue weighted by molar-refractivity contribution is 7.09. The smallest absolute Gasteiger partial charge is 0.314 e. The number of rotatable bonds is 3. The van der Waals surface area contributed by atoms with Gasteiger partial charge in [-0.15, -0.1) is 11.3 Å². The Balaban J connectivity index is 2.07. The van der Waals surface area contributed by atoms with Crippen LogP contribution >= 0.6 is 11.3 Å². The van der Waals surface area contributed by atoms with Gasteiger partial charge in [0.25, 0.3) is 0 Å². The molecule has 20 heavy (non-hydrogen) atoms. The Bertz CT molecular complexity index is 649. The fourth-order valence-corrected chi connectivity index (χ4v) is 3.81. The van der Waals surface area contributed by atoms with E-state index in [0.29, 0.717) is 12.8 Å². The molecule has 1 aromatic carbocycles. The number of fused-ring (bicyclic) bond motifs is 1. The molecule has 1 N–H and O–H groups in total. The molecule has 0 aliphatic heterocycles. The Kier molecular flexibility index (Phi) is 3.34. The van der Waals surface area contributed by atoms with Gasteiger partial charge in [-0.1, -0.05) is 24.3 Å². The van der Waals surface area contributed by atoms with Crippen LogP contribution in [0.15, 0.2) is 29.6 Å². The molecule has 104 valence electrons. The zero-order chi connectivity index (χ0) is 14.2. The number of carboxylic acid groups (broad SMARTS) is 1. The lowest BCUT2D eigenvalue weighted by Gasteiger charge is -2.35. The van der Waals surface area contributed by atoms with Crippen molar-refractivity contribution >= 4 is 17.3 Å². The minimum atomic E-state index is -0.810. The number of carboxylic acids is 1. The molecule has 1 aliphatic carbocycles. The largest absolute Gasteiger partial charge is 0.481 e. The van der Waals surface area contributed by atoms with E-state index in [-0.39, 0.29) is 0 Å². The van der Waals surface area contributed by atoms with Gasteiger partial charge in [-0.05, 0) is 37.3 Å². The number of hydrogen-bond acceptors (Lipinski definition) is 3. The number of hydrogen-bond donors (Lipinski definition) is 1. The molecule has 0 amide bonds. The third-order valence-electron chi connectivity index (χ3n) is 4.14. The summed E-state index contributed by atoms with van der Waals surface area (Å²) in [5, 5.41) is 12.9. The van der Waals surface area contributed by atoms with Crippen molar-refractivity contribution in [2.45, 2.75) is 38.0 Å². The van der Waals surface area contributed by atoms with Gasteiger partial charge in [-0.25, -0.2) is 4.98 Å². The van der Waals surface area contributed by atoms with Crippen LogP contribution in [0.25, 0.3) is 0 Å². The quantitative estimate of drug-likeness (QED) is 0.941. The summed E-state index contributed by atoms with van der Waals surface area (Å²) in [4.78, 5) is 16.5. The van der Waals surface area contributed by atoms with Gasteiger partial charge in [0, 0.05) is 11.8 Å². The Morgan fingerprint density at radius 3 is 2.95 bits per heavy atom. The second-order valence-corrected chi connectivity index (χ2v) is 6.49. The number of benzene rings is 1. The zero-order valence-corrected chi connectivity index (χ0v) is 12.2. The van der Waals surface area contributed by atoms with E-state index in [4.69, 9.17) is 0 Å². The van der Waals surface area contributed by atoms with Crippen molar-refractivity contribution in [2.24, 2.45) is 0 Å². The first kappa shape index (κ1) is 13.3. The topological polar surface area (TPSA) is 50.2 Å². The molecule has 1 heterocycles. The summed E-state index contributed by atoms with van der Waals surface area (Å²) >= 11 is 1.58. The van der Waals surface area contributed by atoms with Crippen LogP contribution in [-0.4, -0.2) is 16.1 Å². The van der Waals surface area contributed by atoms with Crippen molar-refractivity contribution < 1.29 is 9.90 Å². The molecule has 1 aromatic heterocycles. The van der Waals surface area contributed by atoms with Gasteiger partial charge in [0.15, 0.2) is 0 Å². The highest BCUT2D eigenvalue weighted by Gasteiger charge is 2.43. The van der Waals surface area contributed by atoms with Crippen LogP contribution in [0.4, 0.5) is 0 Å². The minimum absolute atomic E-state index is 0.490. The third kappa shape index (κ3) is 2.14. The molecule has 0 bridgehead atoms. The van der Waals surface area contributed by atoms with E-state index in [1.54, 1.807) is 11.3 Å². The van der Waals surface area contributed by atoms with Gasteiger partial charge in [-0.3, -0.25) is 4.79 Å². The number of thiazole rings is 1. The van der Waals surface area contributed by atoms with Gasteiger partial charge in [-0.2, -0.15) is 0 Å². The molecule has 2 aromatic rings. The van der Waals surface area contributed by atoms with Crippen LogP contribution in [0.2, 0.25) is 0 Å². The lowest BCUT2D eigenvalue weighted by Crippen LogP contribution is -2.41. The standard InChI is InChI=1S/C16H17NO2S/c1-11-17-13(10-20-11)9-16(15(18)19)8-4-6-12-5-2-3-7-14(12)16/h2-3,5,7,10H,4,6,8-9H2,1H3,(H,18,19). The molecule has 0 spiro atoms. The molecular weight excluding hydrogens is 270 g/mol. The van der Waals surface area contributed by atoms with Gasteiger partial charge in [0.05, 0.1) is 16.1 Å². The number of nitrogens with zero attached hydrogens (tertiary/aromatic N) is 1. The Morgan fingerprint density at radius 1 is 1.45 bits per heavy atom. The van der Waals surface area contributed by atoms with E-state index in [1.807, 2.05) is 30.5 Å². The third-order valence-corrected chi connectivity index (χ3v) is 4.96. The van der Waals surface area contributed by atoms with Crippen molar-refractivity contribution in [3.8, 4) is 0 Å². The first-order valence-corrected chi connectivity index (χ1v) is 7.72. The van der Waals surface area contributed by atoms with Crippen LogP contribution in [0.1, 0.15) is 34.7 Å². The molecule has 1 aliphatic rings. The molecule has 0 radical (unpaired) electrons. The van der Waals surface area contributed by atoms with Gasteiger partial charge >= 0.3 is 5.97 Å². The fraction of sp³-hybridized carbons (Fsp3) is 0.375. The van der Waals surface area contributed by atoms with E-state index in [9.17, 15) is 9.90 Å². The lowest BCUT2D eigenvalue weighted by atomic mass is 9.67. The van der Waals surface area contributed by atoms with Gasteiger partial charge < -0.3 is 5.11 Å². The number of carbonyl (C=O) groups is 1. The van der Waals surface area contributed by atoms with E-state index >= 15 is 0 Å². The second kappa shape index (κ2) is 5.02. The zero-order valence-electron chi connectivity index (χ0n) is 11.4. The van der Waals surface area contributed by atoms with Crippen LogP contribution < -0.4 is 0 Å². The van der Waals surface area contributed by atoms with Crippen molar-refractivity contribution in [3.05, 3.63) is 51.5 Å². The fourth-order valence-electron chi connectivity index (χ4n) is 3.20. The van der Waals surface area contributed by atoms with E-state index < -0.39 is 11.4 Å². The van der Waals surface area contributed by atoms with Crippen molar-refractivity contribution in [1.82, 2.24) is 4.98 Å². The first-order valence-electron chi connectivity index (χ1n) is 6.85. The van der Waals surface area contributed by atoms with E-state index in [1.165, 1.54) is 5.56 Å². The molecular formula is C16H17NO2S. The van der Waals surface area contributed by atoms with E-state index in [0.717, 1.165) is 29.1 Å². The average molecular weight is 287 g/mol.